The van der Waals surface area contributed by atoms with E-state index < -0.39 is 0 Å². The van der Waals surface area contributed by atoms with Crippen molar-refractivity contribution >= 4 is 27.3 Å². The maximum absolute atomic E-state index is 11.8. The number of hydrogen-bond acceptors (Lipinski definition) is 3. The molecule has 0 saturated carbocycles. The maximum atomic E-state index is 11.8. The first-order valence-electron chi connectivity index (χ1n) is 6.10. The molecule has 0 aliphatic carbocycles. The van der Waals surface area contributed by atoms with Crippen molar-refractivity contribution in [2.45, 2.75) is 19.9 Å². The maximum Gasteiger partial charge on any atom is 0.225 e. The van der Waals surface area contributed by atoms with Crippen molar-refractivity contribution in [3.8, 4) is 0 Å². The molecular formula is C14H17NO2S. The minimum atomic E-state index is -0.296. The normalized spacial score (nSPS) is 12.6. The Hall–Kier alpha value is -1.39. The van der Waals surface area contributed by atoms with Crippen LogP contribution in [0.2, 0.25) is 0 Å². The van der Waals surface area contributed by atoms with Gasteiger partial charge in [0.05, 0.1) is 12.5 Å². The summed E-state index contributed by atoms with van der Waals surface area (Å²) >= 11 is 1.68. The van der Waals surface area contributed by atoms with Gasteiger partial charge in [-0.15, -0.1) is 11.3 Å². The summed E-state index contributed by atoms with van der Waals surface area (Å²) in [5.74, 6) is -0.370. The Morgan fingerprint density at radius 1 is 1.44 bits per heavy atom. The zero-order chi connectivity index (χ0) is 13.0. The molecule has 0 saturated heterocycles. The van der Waals surface area contributed by atoms with Crippen molar-refractivity contribution in [2.75, 3.05) is 6.61 Å². The highest BCUT2D eigenvalue weighted by atomic mass is 32.1. The molecule has 2 N–H and O–H groups in total. The zero-order valence-electron chi connectivity index (χ0n) is 10.3. The van der Waals surface area contributed by atoms with E-state index in [-0.39, 0.29) is 18.4 Å². The summed E-state index contributed by atoms with van der Waals surface area (Å²) in [6.45, 7) is 2.34. The molecule has 2 aromatic rings. The third-order valence-electron chi connectivity index (χ3n) is 3.10. The van der Waals surface area contributed by atoms with Crippen LogP contribution in [-0.4, -0.2) is 17.6 Å². The molecule has 1 heterocycles. The number of aliphatic hydroxyl groups is 1. The Morgan fingerprint density at radius 3 is 2.94 bits per heavy atom. The van der Waals surface area contributed by atoms with Crippen molar-refractivity contribution in [2.24, 2.45) is 5.92 Å². The second-order valence-electron chi connectivity index (χ2n) is 4.26. The summed E-state index contributed by atoms with van der Waals surface area (Å²) in [4.78, 5) is 11.8. The van der Waals surface area contributed by atoms with Crippen molar-refractivity contribution < 1.29 is 9.90 Å². The minimum absolute atomic E-state index is 0.0738. The molecule has 1 unspecified atom stereocenters. The van der Waals surface area contributed by atoms with E-state index in [1.807, 2.05) is 19.1 Å². The average molecular weight is 263 g/mol. The topological polar surface area (TPSA) is 49.3 Å². The number of carbonyl (C=O) groups is 1. The molecule has 1 amide bonds. The highest BCUT2D eigenvalue weighted by Crippen LogP contribution is 2.25. The van der Waals surface area contributed by atoms with Gasteiger partial charge in [-0.3, -0.25) is 4.79 Å². The Bertz CT molecular complexity index is 531. The number of carbonyl (C=O) groups excluding carboxylic acids is 1. The molecule has 0 aliphatic rings. The van der Waals surface area contributed by atoms with E-state index in [1.165, 1.54) is 10.1 Å². The summed E-state index contributed by atoms with van der Waals surface area (Å²) in [5.41, 5.74) is 1.14. The summed E-state index contributed by atoms with van der Waals surface area (Å²) in [6.07, 6.45) is 0.659. The van der Waals surface area contributed by atoms with Gasteiger partial charge < -0.3 is 10.4 Å². The fourth-order valence-corrected chi connectivity index (χ4v) is 2.86. The van der Waals surface area contributed by atoms with Crippen molar-refractivity contribution in [3.63, 3.8) is 0 Å². The Kier molecular flexibility index (Phi) is 4.33. The van der Waals surface area contributed by atoms with Crippen molar-refractivity contribution in [1.82, 2.24) is 5.32 Å². The largest absolute Gasteiger partial charge is 0.396 e. The molecule has 1 atom stereocenters. The van der Waals surface area contributed by atoms with Gasteiger partial charge in [0.25, 0.3) is 0 Å². The fraction of sp³-hybridized carbons (Fsp3) is 0.357. The van der Waals surface area contributed by atoms with Crippen LogP contribution in [0.15, 0.2) is 29.6 Å². The number of aliphatic hydroxyl groups excluding tert-OH is 1. The van der Waals surface area contributed by atoms with Crippen LogP contribution in [0.3, 0.4) is 0 Å². The molecule has 0 radical (unpaired) electrons. The first kappa shape index (κ1) is 13.1. The number of rotatable bonds is 5. The number of fused-ring (bicyclic) bond motifs is 1. The predicted molar refractivity (Wildman–Crippen MR) is 74.5 cm³/mol. The number of thiophene rings is 1. The van der Waals surface area contributed by atoms with Crippen molar-refractivity contribution in [3.05, 3.63) is 35.2 Å². The number of nitrogens with one attached hydrogen (secondary N) is 1. The van der Waals surface area contributed by atoms with Crippen molar-refractivity contribution in [1.29, 1.82) is 0 Å². The van der Waals surface area contributed by atoms with Crippen LogP contribution >= 0.6 is 11.3 Å². The lowest BCUT2D eigenvalue weighted by molar-refractivity contribution is -0.126. The molecule has 96 valence electrons. The molecule has 1 aromatic heterocycles. The molecule has 0 spiro atoms. The van der Waals surface area contributed by atoms with Gasteiger partial charge in [-0.25, -0.2) is 0 Å². The zero-order valence-corrected chi connectivity index (χ0v) is 11.2. The van der Waals surface area contributed by atoms with Crippen LogP contribution in [0, 0.1) is 5.92 Å². The Balaban J connectivity index is 2.04. The van der Waals surface area contributed by atoms with Gasteiger partial charge in [0.15, 0.2) is 0 Å². The number of amides is 1. The van der Waals surface area contributed by atoms with Gasteiger partial charge in [-0.2, -0.15) is 0 Å². The van der Waals surface area contributed by atoms with Crippen LogP contribution in [0.5, 0.6) is 0 Å². The fourth-order valence-electron chi connectivity index (χ4n) is 1.89. The lowest BCUT2D eigenvalue weighted by Gasteiger charge is -2.11. The van der Waals surface area contributed by atoms with E-state index in [2.05, 4.69) is 22.8 Å². The second kappa shape index (κ2) is 5.98. The highest BCUT2D eigenvalue weighted by molar-refractivity contribution is 7.17. The smallest absolute Gasteiger partial charge is 0.225 e. The molecule has 4 heteroatoms. The van der Waals surface area contributed by atoms with Gasteiger partial charge in [0, 0.05) is 11.2 Å². The quantitative estimate of drug-likeness (QED) is 0.871. The SMILES string of the molecule is CCC(CO)C(=O)NCc1csc2ccccc12. The van der Waals surface area contributed by atoms with Gasteiger partial charge >= 0.3 is 0 Å². The third kappa shape index (κ3) is 2.71. The molecule has 18 heavy (non-hydrogen) atoms. The number of hydrogen-bond donors (Lipinski definition) is 2. The van der Waals surface area contributed by atoms with E-state index in [0.29, 0.717) is 13.0 Å². The van der Waals surface area contributed by atoms with Crippen LogP contribution in [-0.2, 0) is 11.3 Å². The molecule has 2 rings (SSSR count). The second-order valence-corrected chi connectivity index (χ2v) is 5.17. The summed E-state index contributed by atoms with van der Waals surface area (Å²) in [5, 5.41) is 15.2. The average Bonchev–Trinajstić information content (AvgIpc) is 2.81. The molecule has 3 nitrogen and oxygen atoms in total. The van der Waals surface area contributed by atoms with E-state index in [4.69, 9.17) is 5.11 Å². The van der Waals surface area contributed by atoms with E-state index in [0.717, 1.165) is 5.56 Å². The van der Waals surface area contributed by atoms with Gasteiger partial charge in [-0.1, -0.05) is 25.1 Å². The summed E-state index contributed by atoms with van der Waals surface area (Å²) in [7, 11) is 0. The summed E-state index contributed by atoms with van der Waals surface area (Å²) < 4.78 is 1.23. The van der Waals surface area contributed by atoms with Crippen LogP contribution in [0.4, 0.5) is 0 Å². The van der Waals surface area contributed by atoms with E-state index in [1.54, 1.807) is 11.3 Å². The molecule has 0 fully saturated rings. The highest BCUT2D eigenvalue weighted by Gasteiger charge is 2.15. The lowest BCUT2D eigenvalue weighted by atomic mass is 10.1. The minimum Gasteiger partial charge on any atom is -0.396 e. The van der Waals surface area contributed by atoms with Gasteiger partial charge in [0.1, 0.15) is 0 Å². The van der Waals surface area contributed by atoms with Gasteiger partial charge in [-0.05, 0) is 28.8 Å². The van der Waals surface area contributed by atoms with E-state index >= 15 is 0 Å². The Morgan fingerprint density at radius 2 is 2.22 bits per heavy atom. The third-order valence-corrected chi connectivity index (χ3v) is 4.11. The van der Waals surface area contributed by atoms with E-state index in [9.17, 15) is 4.79 Å². The Labute approximate surface area is 110 Å². The van der Waals surface area contributed by atoms with Crippen LogP contribution in [0.1, 0.15) is 18.9 Å². The molecule has 1 aromatic carbocycles. The lowest BCUT2D eigenvalue weighted by Crippen LogP contribution is -2.31. The molecular weight excluding hydrogens is 246 g/mol. The predicted octanol–water partition coefficient (Wildman–Crippen LogP) is 2.54. The van der Waals surface area contributed by atoms with Gasteiger partial charge in [0.2, 0.25) is 5.91 Å². The number of benzene rings is 1. The van der Waals surface area contributed by atoms with Crippen LogP contribution in [0.25, 0.3) is 10.1 Å². The standard InChI is InChI=1S/C14H17NO2S/c1-2-10(8-16)14(17)15-7-11-9-18-13-6-4-3-5-12(11)13/h3-6,9-10,16H,2,7-8H2,1H3,(H,15,17). The molecule has 0 bridgehead atoms. The molecule has 0 aliphatic heterocycles. The van der Waals surface area contributed by atoms with Crippen LogP contribution < -0.4 is 5.32 Å². The monoisotopic (exact) mass is 263 g/mol. The first-order valence-corrected chi connectivity index (χ1v) is 6.98. The summed E-state index contributed by atoms with van der Waals surface area (Å²) in [6, 6.07) is 8.16. The first-order chi connectivity index (χ1) is 8.76.